The number of nitrogens with zero attached hydrogens (tertiary/aromatic N) is 1. The third-order valence-electron chi connectivity index (χ3n) is 2.19. The first-order chi connectivity index (χ1) is 8.20. The number of aliphatic carboxylic acids is 1. The lowest BCUT2D eigenvalue weighted by molar-refractivity contribution is -0.364. The highest BCUT2D eigenvalue weighted by atomic mass is 16.9. The van der Waals surface area contributed by atoms with E-state index in [1.807, 2.05) is 6.92 Å². The standard InChI is InChI=1S/C12H25NO4/c1-3-5-6-7-8-10-17-13(11-12(14)15)16-9-4-2/h3-11H2,1-2H3,(H,14,15). The lowest BCUT2D eigenvalue weighted by Gasteiger charge is -2.18. The normalized spacial score (nSPS) is 11.0. The molecule has 0 spiro atoms. The van der Waals surface area contributed by atoms with Gasteiger partial charge in [-0.25, -0.2) is 0 Å². The van der Waals surface area contributed by atoms with Crippen LogP contribution in [0.5, 0.6) is 0 Å². The average Bonchev–Trinajstić information content (AvgIpc) is 2.29. The van der Waals surface area contributed by atoms with Crippen molar-refractivity contribution < 1.29 is 19.6 Å². The minimum atomic E-state index is -0.952. The van der Waals surface area contributed by atoms with Crippen LogP contribution in [0.1, 0.15) is 52.4 Å². The van der Waals surface area contributed by atoms with Gasteiger partial charge in [-0.05, 0) is 12.8 Å². The van der Waals surface area contributed by atoms with Gasteiger partial charge in [0.2, 0.25) is 0 Å². The van der Waals surface area contributed by atoms with Crippen LogP contribution in [0.2, 0.25) is 0 Å². The van der Waals surface area contributed by atoms with Crippen LogP contribution in [0.3, 0.4) is 0 Å². The monoisotopic (exact) mass is 247 g/mol. The van der Waals surface area contributed by atoms with Gasteiger partial charge >= 0.3 is 5.97 Å². The van der Waals surface area contributed by atoms with Gasteiger partial charge in [-0.1, -0.05) is 44.8 Å². The zero-order chi connectivity index (χ0) is 12.9. The van der Waals surface area contributed by atoms with E-state index < -0.39 is 5.97 Å². The number of rotatable bonds is 12. The van der Waals surface area contributed by atoms with Crippen LogP contribution in [0.4, 0.5) is 0 Å². The average molecular weight is 247 g/mol. The summed E-state index contributed by atoms with van der Waals surface area (Å²) in [5, 5.41) is 9.73. The molecule has 0 saturated carbocycles. The summed E-state index contributed by atoms with van der Waals surface area (Å²) in [6.45, 7) is 4.88. The first kappa shape index (κ1) is 16.4. The second-order valence-corrected chi connectivity index (χ2v) is 3.97. The van der Waals surface area contributed by atoms with Crippen LogP contribution >= 0.6 is 0 Å². The van der Waals surface area contributed by atoms with E-state index in [2.05, 4.69) is 6.92 Å². The van der Waals surface area contributed by atoms with Crippen molar-refractivity contribution >= 4 is 5.97 Å². The van der Waals surface area contributed by atoms with Crippen molar-refractivity contribution in [2.45, 2.75) is 52.4 Å². The molecule has 0 saturated heterocycles. The molecule has 1 N–H and O–H groups in total. The molecule has 0 rings (SSSR count). The van der Waals surface area contributed by atoms with E-state index in [0.29, 0.717) is 13.2 Å². The molecule has 0 aromatic rings. The van der Waals surface area contributed by atoms with E-state index in [-0.39, 0.29) is 6.54 Å². The number of carboxylic acid groups (broad SMARTS) is 1. The van der Waals surface area contributed by atoms with Crippen molar-refractivity contribution in [2.75, 3.05) is 19.8 Å². The Morgan fingerprint density at radius 3 is 2.24 bits per heavy atom. The summed E-state index contributed by atoms with van der Waals surface area (Å²) in [6.07, 6.45) is 6.54. The first-order valence-electron chi connectivity index (χ1n) is 6.45. The van der Waals surface area contributed by atoms with E-state index in [1.165, 1.54) is 19.3 Å². The molecular weight excluding hydrogens is 222 g/mol. The highest BCUT2D eigenvalue weighted by molar-refractivity contribution is 5.68. The number of unbranched alkanes of at least 4 members (excludes halogenated alkanes) is 4. The predicted octanol–water partition coefficient (Wildman–Crippen LogP) is 2.62. The molecule has 0 aliphatic carbocycles. The van der Waals surface area contributed by atoms with Crippen molar-refractivity contribution in [3.05, 3.63) is 0 Å². The van der Waals surface area contributed by atoms with E-state index in [9.17, 15) is 4.79 Å². The largest absolute Gasteiger partial charge is 0.480 e. The molecule has 0 radical (unpaired) electrons. The molecule has 17 heavy (non-hydrogen) atoms. The van der Waals surface area contributed by atoms with Crippen LogP contribution in [0.15, 0.2) is 0 Å². The number of carboxylic acids is 1. The maximum atomic E-state index is 10.5. The van der Waals surface area contributed by atoms with Gasteiger partial charge in [-0.2, -0.15) is 0 Å². The minimum absolute atomic E-state index is 0.241. The summed E-state index contributed by atoms with van der Waals surface area (Å²) in [5.41, 5.74) is 0. The summed E-state index contributed by atoms with van der Waals surface area (Å²) < 4.78 is 0. The summed E-state index contributed by atoms with van der Waals surface area (Å²) in [6, 6.07) is 0. The van der Waals surface area contributed by atoms with Gasteiger partial charge in [-0.3, -0.25) is 14.5 Å². The molecule has 0 aromatic heterocycles. The van der Waals surface area contributed by atoms with Crippen LogP contribution in [-0.4, -0.2) is 36.1 Å². The maximum Gasteiger partial charge on any atom is 0.322 e. The summed E-state index contributed by atoms with van der Waals surface area (Å²) in [7, 11) is 0. The Balaban J connectivity index is 3.56. The Hall–Kier alpha value is -0.650. The summed E-state index contributed by atoms with van der Waals surface area (Å²) in [5.74, 6) is -0.952. The van der Waals surface area contributed by atoms with Crippen LogP contribution in [0, 0.1) is 0 Å². The Labute approximate surface area is 104 Å². The second-order valence-electron chi connectivity index (χ2n) is 3.97. The molecule has 0 fully saturated rings. The lowest BCUT2D eigenvalue weighted by atomic mass is 10.2. The smallest absolute Gasteiger partial charge is 0.322 e. The second kappa shape index (κ2) is 11.8. The van der Waals surface area contributed by atoms with Gasteiger partial charge in [0.15, 0.2) is 0 Å². The fraction of sp³-hybridized carbons (Fsp3) is 0.917. The van der Waals surface area contributed by atoms with E-state index >= 15 is 0 Å². The molecule has 0 heterocycles. The maximum absolute atomic E-state index is 10.5. The summed E-state index contributed by atoms with van der Waals surface area (Å²) >= 11 is 0. The van der Waals surface area contributed by atoms with Gasteiger partial charge < -0.3 is 5.11 Å². The van der Waals surface area contributed by atoms with Crippen LogP contribution < -0.4 is 0 Å². The van der Waals surface area contributed by atoms with Gasteiger partial charge in [0.25, 0.3) is 0 Å². The Morgan fingerprint density at radius 1 is 1.00 bits per heavy atom. The first-order valence-corrected chi connectivity index (χ1v) is 6.45. The molecule has 0 bridgehead atoms. The van der Waals surface area contributed by atoms with Gasteiger partial charge in [-0.15, -0.1) is 0 Å². The quantitative estimate of drug-likeness (QED) is 0.424. The van der Waals surface area contributed by atoms with E-state index in [4.69, 9.17) is 14.8 Å². The molecule has 0 atom stereocenters. The van der Waals surface area contributed by atoms with Crippen LogP contribution in [0.25, 0.3) is 0 Å². The molecule has 0 aromatic carbocycles. The van der Waals surface area contributed by atoms with Crippen molar-refractivity contribution in [1.82, 2.24) is 5.23 Å². The minimum Gasteiger partial charge on any atom is -0.480 e. The number of hydrogen-bond donors (Lipinski definition) is 1. The fourth-order valence-corrected chi connectivity index (χ4v) is 1.30. The molecule has 0 unspecified atom stereocenters. The zero-order valence-electron chi connectivity index (χ0n) is 11.0. The van der Waals surface area contributed by atoms with Crippen molar-refractivity contribution in [1.29, 1.82) is 0 Å². The topological polar surface area (TPSA) is 59.0 Å². The van der Waals surface area contributed by atoms with Crippen molar-refractivity contribution in [2.24, 2.45) is 0 Å². The van der Waals surface area contributed by atoms with Crippen molar-refractivity contribution in [3.63, 3.8) is 0 Å². The molecule has 5 heteroatoms. The Morgan fingerprint density at radius 2 is 1.65 bits per heavy atom. The molecule has 102 valence electrons. The SMILES string of the molecule is CCCCCCCON(CC(=O)O)OCCC. The number of hydrogen-bond acceptors (Lipinski definition) is 4. The van der Waals surface area contributed by atoms with Gasteiger partial charge in [0.1, 0.15) is 6.54 Å². The fourth-order valence-electron chi connectivity index (χ4n) is 1.30. The number of carbonyl (C=O) groups is 1. The molecule has 0 aliphatic heterocycles. The van der Waals surface area contributed by atoms with Gasteiger partial charge in [0, 0.05) is 0 Å². The zero-order valence-corrected chi connectivity index (χ0v) is 11.0. The third kappa shape index (κ3) is 11.6. The molecular formula is C12H25NO4. The molecule has 0 amide bonds. The van der Waals surface area contributed by atoms with E-state index in [0.717, 1.165) is 24.5 Å². The van der Waals surface area contributed by atoms with E-state index in [1.54, 1.807) is 0 Å². The van der Waals surface area contributed by atoms with Gasteiger partial charge in [0.05, 0.1) is 13.2 Å². The van der Waals surface area contributed by atoms with Crippen molar-refractivity contribution in [3.8, 4) is 0 Å². The Kier molecular flexibility index (Phi) is 11.4. The lowest BCUT2D eigenvalue weighted by Crippen LogP contribution is -2.31. The van der Waals surface area contributed by atoms with Crippen LogP contribution in [-0.2, 0) is 14.5 Å². The predicted molar refractivity (Wildman–Crippen MR) is 65.3 cm³/mol. The summed E-state index contributed by atoms with van der Waals surface area (Å²) in [4.78, 5) is 21.0. The highest BCUT2D eigenvalue weighted by Gasteiger charge is 2.10. The highest BCUT2D eigenvalue weighted by Crippen LogP contribution is 2.03. The Bertz CT molecular complexity index is 187. The third-order valence-corrected chi connectivity index (χ3v) is 2.19. The number of hydroxylamine groups is 2. The molecule has 5 nitrogen and oxygen atoms in total. The molecule has 0 aliphatic rings.